The molecule has 0 aliphatic rings. The number of anilines is 1. The number of hydrogen-bond donors (Lipinski definition) is 2. The van der Waals surface area contributed by atoms with E-state index in [0.717, 1.165) is 0 Å². The van der Waals surface area contributed by atoms with Crippen LogP contribution >= 0.6 is 11.6 Å². The van der Waals surface area contributed by atoms with Crippen LogP contribution in [-0.2, 0) is 0 Å². The minimum Gasteiger partial charge on any atom is -0.389 e. The van der Waals surface area contributed by atoms with Crippen molar-refractivity contribution in [3.8, 4) is 0 Å². The quantitative estimate of drug-likeness (QED) is 0.643. The monoisotopic (exact) mass is 258 g/mol. The van der Waals surface area contributed by atoms with Gasteiger partial charge in [-0.2, -0.15) is 0 Å². The molecule has 0 saturated heterocycles. The van der Waals surface area contributed by atoms with Crippen molar-refractivity contribution in [2.24, 2.45) is 0 Å². The summed E-state index contributed by atoms with van der Waals surface area (Å²) in [4.78, 5) is 10.1. The number of aliphatic hydroxyl groups is 1. The molecule has 1 rings (SSSR count). The van der Waals surface area contributed by atoms with Gasteiger partial charge in [-0.3, -0.25) is 10.1 Å². The van der Waals surface area contributed by atoms with E-state index in [0.29, 0.717) is 17.8 Å². The van der Waals surface area contributed by atoms with Crippen molar-refractivity contribution in [3.05, 3.63) is 32.8 Å². The van der Waals surface area contributed by atoms with Crippen LogP contribution in [0.1, 0.15) is 19.4 Å². The molecule has 2 N–H and O–H groups in total. The maximum absolute atomic E-state index is 10.6. The minimum absolute atomic E-state index is 0.0405. The molecule has 1 aromatic rings. The first kappa shape index (κ1) is 13.7. The maximum atomic E-state index is 10.6. The summed E-state index contributed by atoms with van der Waals surface area (Å²) < 4.78 is 0. The van der Waals surface area contributed by atoms with Crippen molar-refractivity contribution in [3.63, 3.8) is 0 Å². The highest BCUT2D eigenvalue weighted by molar-refractivity contribution is 6.33. The average Bonchev–Trinajstić information content (AvgIpc) is 2.14. The average molecular weight is 259 g/mol. The topological polar surface area (TPSA) is 75.4 Å². The van der Waals surface area contributed by atoms with Crippen molar-refractivity contribution < 1.29 is 10.0 Å². The van der Waals surface area contributed by atoms with Gasteiger partial charge in [0.05, 0.1) is 21.2 Å². The minimum atomic E-state index is -0.877. The predicted octanol–water partition coefficient (Wildman–Crippen LogP) is 2.74. The van der Waals surface area contributed by atoms with Gasteiger partial charge in [-0.1, -0.05) is 11.6 Å². The summed E-state index contributed by atoms with van der Waals surface area (Å²) in [7, 11) is 0. The number of halogens is 1. The van der Waals surface area contributed by atoms with Crippen LogP contribution in [-0.4, -0.2) is 22.2 Å². The number of nitro groups is 1. The molecule has 0 heterocycles. The summed E-state index contributed by atoms with van der Waals surface area (Å²) >= 11 is 5.96. The number of aryl methyl sites for hydroxylation is 1. The largest absolute Gasteiger partial charge is 0.389 e. The van der Waals surface area contributed by atoms with Crippen LogP contribution in [0.4, 0.5) is 11.4 Å². The van der Waals surface area contributed by atoms with Crippen molar-refractivity contribution in [1.29, 1.82) is 0 Å². The van der Waals surface area contributed by atoms with E-state index in [-0.39, 0.29) is 10.7 Å². The third kappa shape index (κ3) is 3.87. The zero-order chi connectivity index (χ0) is 13.2. The van der Waals surface area contributed by atoms with Crippen molar-refractivity contribution in [2.45, 2.75) is 26.4 Å². The summed E-state index contributed by atoms with van der Waals surface area (Å²) in [5.74, 6) is 0. The lowest BCUT2D eigenvalue weighted by atomic mass is 10.1. The first-order chi connectivity index (χ1) is 7.70. The van der Waals surface area contributed by atoms with Crippen molar-refractivity contribution in [2.75, 3.05) is 11.9 Å². The van der Waals surface area contributed by atoms with Crippen LogP contribution in [0.2, 0.25) is 5.02 Å². The molecule has 0 spiro atoms. The highest BCUT2D eigenvalue weighted by atomic mass is 35.5. The standard InChI is InChI=1S/C11H15ClN2O3/c1-7-4-8(14(16)17)5-9(12)10(7)13-6-11(2,3)15/h4-5,13,15H,6H2,1-3H3. The van der Waals surface area contributed by atoms with Gasteiger partial charge < -0.3 is 10.4 Å². The fraction of sp³-hybridized carbons (Fsp3) is 0.455. The van der Waals surface area contributed by atoms with E-state index < -0.39 is 10.5 Å². The fourth-order valence-corrected chi connectivity index (χ4v) is 1.69. The van der Waals surface area contributed by atoms with E-state index in [1.807, 2.05) is 0 Å². The molecule has 5 nitrogen and oxygen atoms in total. The highest BCUT2D eigenvalue weighted by Gasteiger charge is 2.16. The number of nitrogens with one attached hydrogen (secondary N) is 1. The van der Waals surface area contributed by atoms with Gasteiger partial charge in [0.15, 0.2) is 0 Å². The maximum Gasteiger partial charge on any atom is 0.271 e. The Morgan fingerprint density at radius 1 is 1.53 bits per heavy atom. The zero-order valence-corrected chi connectivity index (χ0v) is 10.7. The Morgan fingerprint density at radius 2 is 2.12 bits per heavy atom. The predicted molar refractivity (Wildman–Crippen MR) is 67.6 cm³/mol. The third-order valence-corrected chi connectivity index (χ3v) is 2.48. The van der Waals surface area contributed by atoms with E-state index in [1.165, 1.54) is 12.1 Å². The number of hydrogen-bond acceptors (Lipinski definition) is 4. The van der Waals surface area contributed by atoms with Gasteiger partial charge in [-0.15, -0.1) is 0 Å². The molecular weight excluding hydrogens is 244 g/mol. The van der Waals surface area contributed by atoms with Gasteiger partial charge in [-0.25, -0.2) is 0 Å². The normalized spacial score (nSPS) is 11.4. The van der Waals surface area contributed by atoms with E-state index in [1.54, 1.807) is 20.8 Å². The van der Waals surface area contributed by atoms with Gasteiger partial charge in [0.2, 0.25) is 0 Å². The van der Waals surface area contributed by atoms with Gasteiger partial charge in [0.25, 0.3) is 5.69 Å². The Balaban J connectivity index is 2.98. The first-order valence-corrected chi connectivity index (χ1v) is 5.49. The molecule has 17 heavy (non-hydrogen) atoms. The molecular formula is C11H15ClN2O3. The second-order valence-electron chi connectivity index (χ2n) is 4.54. The molecule has 0 radical (unpaired) electrons. The van der Waals surface area contributed by atoms with Crippen molar-refractivity contribution >= 4 is 23.0 Å². The lowest BCUT2D eigenvalue weighted by molar-refractivity contribution is -0.384. The Kier molecular flexibility index (Phi) is 3.95. The number of non-ortho nitro benzene ring substituents is 1. The molecule has 0 aliphatic heterocycles. The molecule has 94 valence electrons. The summed E-state index contributed by atoms with van der Waals surface area (Å²) in [6.07, 6.45) is 0. The molecule has 0 aliphatic carbocycles. The summed E-state index contributed by atoms with van der Waals surface area (Å²) in [6.45, 7) is 5.36. The van der Waals surface area contributed by atoms with Gasteiger partial charge in [-0.05, 0) is 26.3 Å². The Bertz CT molecular complexity index is 418. The molecule has 1 aromatic carbocycles. The van der Waals surface area contributed by atoms with Crippen LogP contribution in [0.3, 0.4) is 0 Å². The van der Waals surface area contributed by atoms with Crippen molar-refractivity contribution in [1.82, 2.24) is 0 Å². The first-order valence-electron chi connectivity index (χ1n) is 5.11. The van der Waals surface area contributed by atoms with Crippen LogP contribution in [0.15, 0.2) is 12.1 Å². The molecule has 0 atom stereocenters. The second-order valence-corrected chi connectivity index (χ2v) is 4.95. The van der Waals surface area contributed by atoms with Crippen LogP contribution in [0.5, 0.6) is 0 Å². The Morgan fingerprint density at radius 3 is 2.53 bits per heavy atom. The number of rotatable bonds is 4. The van der Waals surface area contributed by atoms with E-state index in [4.69, 9.17) is 11.6 Å². The summed E-state index contributed by atoms with van der Waals surface area (Å²) in [5, 5.41) is 23.5. The van der Waals surface area contributed by atoms with E-state index in [2.05, 4.69) is 5.32 Å². The van der Waals surface area contributed by atoms with Crippen LogP contribution < -0.4 is 5.32 Å². The van der Waals surface area contributed by atoms with E-state index >= 15 is 0 Å². The molecule has 0 aromatic heterocycles. The third-order valence-electron chi connectivity index (χ3n) is 2.18. The number of nitro benzene ring substituents is 1. The van der Waals surface area contributed by atoms with Gasteiger partial charge in [0, 0.05) is 18.7 Å². The van der Waals surface area contributed by atoms with Gasteiger partial charge in [0.1, 0.15) is 0 Å². The Hall–Kier alpha value is -1.33. The van der Waals surface area contributed by atoms with E-state index in [9.17, 15) is 15.2 Å². The van der Waals surface area contributed by atoms with Crippen LogP contribution in [0.25, 0.3) is 0 Å². The molecule has 6 heteroatoms. The highest BCUT2D eigenvalue weighted by Crippen LogP contribution is 2.30. The van der Waals surface area contributed by atoms with Gasteiger partial charge >= 0.3 is 0 Å². The SMILES string of the molecule is Cc1cc([N+](=O)[O-])cc(Cl)c1NCC(C)(C)O. The smallest absolute Gasteiger partial charge is 0.271 e. The number of nitrogens with zero attached hydrogens (tertiary/aromatic N) is 1. The molecule has 0 bridgehead atoms. The molecule has 0 unspecified atom stereocenters. The molecule has 0 amide bonds. The Labute approximate surface area is 105 Å². The number of benzene rings is 1. The molecule has 0 fully saturated rings. The summed E-state index contributed by atoms with van der Waals surface area (Å²) in [5.41, 5.74) is 0.367. The zero-order valence-electron chi connectivity index (χ0n) is 9.95. The summed E-state index contributed by atoms with van der Waals surface area (Å²) in [6, 6.07) is 2.74. The second kappa shape index (κ2) is 4.89. The lowest BCUT2D eigenvalue weighted by Crippen LogP contribution is -2.29. The van der Waals surface area contributed by atoms with Crippen LogP contribution in [0, 0.1) is 17.0 Å². The molecule has 0 saturated carbocycles. The fourth-order valence-electron chi connectivity index (χ4n) is 1.36. The lowest BCUT2D eigenvalue weighted by Gasteiger charge is -2.20.